The standard InChI is InChI=1S/C13H19BrN2O2/c1-3-16(7-8-17)13(18)15-10(2)11-5-4-6-12(14)9-11/h4-6,9-10,17H,3,7-8H2,1-2H3,(H,15,18). The summed E-state index contributed by atoms with van der Waals surface area (Å²) in [6.45, 7) is 4.74. The zero-order valence-corrected chi connectivity index (χ0v) is 12.3. The maximum Gasteiger partial charge on any atom is 0.317 e. The highest BCUT2D eigenvalue weighted by atomic mass is 79.9. The number of urea groups is 1. The van der Waals surface area contributed by atoms with Crippen molar-refractivity contribution in [1.29, 1.82) is 0 Å². The van der Waals surface area contributed by atoms with Crippen molar-refractivity contribution in [2.75, 3.05) is 19.7 Å². The molecule has 0 bridgehead atoms. The van der Waals surface area contributed by atoms with E-state index in [1.807, 2.05) is 38.1 Å². The fourth-order valence-corrected chi connectivity index (χ4v) is 2.08. The first-order valence-corrected chi connectivity index (χ1v) is 6.79. The largest absolute Gasteiger partial charge is 0.395 e. The lowest BCUT2D eigenvalue weighted by molar-refractivity contribution is 0.178. The number of halogens is 1. The molecule has 0 aliphatic heterocycles. The molecule has 0 saturated carbocycles. The summed E-state index contributed by atoms with van der Waals surface area (Å²) in [6, 6.07) is 7.61. The number of rotatable bonds is 5. The minimum atomic E-state index is -0.154. The number of carbonyl (C=O) groups is 1. The second-order valence-electron chi connectivity index (χ2n) is 4.03. The van der Waals surface area contributed by atoms with Gasteiger partial charge in [-0.15, -0.1) is 0 Å². The van der Waals surface area contributed by atoms with Crippen LogP contribution in [-0.4, -0.2) is 35.7 Å². The fourth-order valence-electron chi connectivity index (χ4n) is 1.66. The van der Waals surface area contributed by atoms with E-state index in [2.05, 4.69) is 21.2 Å². The zero-order valence-electron chi connectivity index (χ0n) is 10.7. The number of benzene rings is 1. The highest BCUT2D eigenvalue weighted by molar-refractivity contribution is 9.10. The van der Waals surface area contributed by atoms with Crippen LogP contribution in [0.15, 0.2) is 28.7 Å². The molecule has 18 heavy (non-hydrogen) atoms. The van der Waals surface area contributed by atoms with E-state index in [0.717, 1.165) is 10.0 Å². The Hall–Kier alpha value is -1.07. The van der Waals surface area contributed by atoms with Crippen LogP contribution in [0.25, 0.3) is 0 Å². The second kappa shape index (κ2) is 7.38. The second-order valence-corrected chi connectivity index (χ2v) is 4.95. The monoisotopic (exact) mass is 314 g/mol. The van der Waals surface area contributed by atoms with Gasteiger partial charge in [-0.1, -0.05) is 28.1 Å². The number of hydrogen-bond donors (Lipinski definition) is 2. The van der Waals surface area contributed by atoms with Crippen LogP contribution < -0.4 is 5.32 Å². The van der Waals surface area contributed by atoms with Crippen LogP contribution >= 0.6 is 15.9 Å². The normalized spacial score (nSPS) is 12.0. The molecule has 2 amide bonds. The third kappa shape index (κ3) is 4.31. The smallest absolute Gasteiger partial charge is 0.317 e. The Morgan fingerprint density at radius 2 is 2.28 bits per heavy atom. The number of carbonyl (C=O) groups excluding carboxylic acids is 1. The van der Waals surface area contributed by atoms with Crippen LogP contribution in [0.5, 0.6) is 0 Å². The molecule has 0 spiro atoms. The Bertz CT molecular complexity index is 398. The van der Waals surface area contributed by atoms with Crippen molar-refractivity contribution in [3.05, 3.63) is 34.3 Å². The van der Waals surface area contributed by atoms with E-state index in [9.17, 15) is 4.79 Å². The molecule has 2 N–H and O–H groups in total. The summed E-state index contributed by atoms with van der Waals surface area (Å²) in [4.78, 5) is 13.5. The average Bonchev–Trinajstić information content (AvgIpc) is 2.35. The van der Waals surface area contributed by atoms with E-state index in [4.69, 9.17) is 5.11 Å². The predicted octanol–water partition coefficient (Wildman–Crippen LogP) is 2.53. The van der Waals surface area contributed by atoms with Gasteiger partial charge >= 0.3 is 6.03 Å². The molecule has 0 radical (unpaired) electrons. The summed E-state index contributed by atoms with van der Waals surface area (Å²) in [5.74, 6) is 0. The summed E-state index contributed by atoms with van der Waals surface area (Å²) >= 11 is 3.41. The van der Waals surface area contributed by atoms with Crippen LogP contribution in [0, 0.1) is 0 Å². The third-order valence-corrected chi connectivity index (χ3v) is 3.22. The molecule has 1 atom stereocenters. The van der Waals surface area contributed by atoms with E-state index < -0.39 is 0 Å². The van der Waals surface area contributed by atoms with Crippen LogP contribution in [0.4, 0.5) is 4.79 Å². The lowest BCUT2D eigenvalue weighted by Crippen LogP contribution is -2.42. The number of amides is 2. The lowest BCUT2D eigenvalue weighted by atomic mass is 10.1. The number of nitrogens with one attached hydrogen (secondary N) is 1. The van der Waals surface area contributed by atoms with Crippen molar-refractivity contribution in [1.82, 2.24) is 10.2 Å². The Morgan fingerprint density at radius 3 is 2.83 bits per heavy atom. The van der Waals surface area contributed by atoms with Gasteiger partial charge in [0.15, 0.2) is 0 Å². The van der Waals surface area contributed by atoms with E-state index in [1.165, 1.54) is 0 Å². The minimum Gasteiger partial charge on any atom is -0.395 e. The number of hydrogen-bond acceptors (Lipinski definition) is 2. The Balaban J connectivity index is 2.63. The van der Waals surface area contributed by atoms with Gasteiger partial charge in [-0.2, -0.15) is 0 Å². The van der Waals surface area contributed by atoms with Crippen LogP contribution in [0.2, 0.25) is 0 Å². The van der Waals surface area contributed by atoms with Crippen molar-refractivity contribution >= 4 is 22.0 Å². The highest BCUT2D eigenvalue weighted by Gasteiger charge is 2.14. The maximum absolute atomic E-state index is 11.9. The van der Waals surface area contributed by atoms with Crippen LogP contribution in [0.1, 0.15) is 25.5 Å². The van der Waals surface area contributed by atoms with Crippen molar-refractivity contribution in [2.45, 2.75) is 19.9 Å². The number of nitrogens with zero attached hydrogens (tertiary/aromatic N) is 1. The molecule has 1 unspecified atom stereocenters. The van der Waals surface area contributed by atoms with Crippen LogP contribution in [0.3, 0.4) is 0 Å². The fraction of sp³-hybridized carbons (Fsp3) is 0.462. The molecule has 1 aromatic rings. The summed E-state index contributed by atoms with van der Waals surface area (Å²) in [5.41, 5.74) is 1.04. The van der Waals surface area contributed by atoms with Gasteiger partial charge in [0.1, 0.15) is 0 Å². The SMILES string of the molecule is CCN(CCO)C(=O)NC(C)c1cccc(Br)c1. The molecule has 1 rings (SSSR count). The number of aliphatic hydroxyl groups is 1. The zero-order chi connectivity index (χ0) is 13.5. The number of likely N-dealkylation sites (N-methyl/N-ethyl adjacent to an activating group) is 1. The van der Waals surface area contributed by atoms with Gasteiger partial charge in [0.2, 0.25) is 0 Å². The summed E-state index contributed by atoms with van der Waals surface area (Å²) in [5, 5.41) is 11.8. The summed E-state index contributed by atoms with van der Waals surface area (Å²) < 4.78 is 0.990. The number of aliphatic hydroxyl groups excluding tert-OH is 1. The maximum atomic E-state index is 11.9. The molecular weight excluding hydrogens is 296 g/mol. The first-order valence-electron chi connectivity index (χ1n) is 6.00. The molecule has 0 fully saturated rings. The molecule has 0 aliphatic rings. The first kappa shape index (κ1) is 15.0. The lowest BCUT2D eigenvalue weighted by Gasteiger charge is -2.23. The van der Waals surface area contributed by atoms with E-state index in [-0.39, 0.29) is 18.7 Å². The average molecular weight is 315 g/mol. The van der Waals surface area contributed by atoms with Gasteiger partial charge in [0.05, 0.1) is 12.6 Å². The Labute approximate surface area is 116 Å². The first-order chi connectivity index (χ1) is 8.58. The van der Waals surface area contributed by atoms with E-state index in [1.54, 1.807) is 4.90 Å². The van der Waals surface area contributed by atoms with Gasteiger partial charge in [-0.25, -0.2) is 4.79 Å². The molecular formula is C13H19BrN2O2. The minimum absolute atomic E-state index is 0.0213. The van der Waals surface area contributed by atoms with Crippen molar-refractivity contribution in [2.24, 2.45) is 0 Å². The molecule has 0 saturated heterocycles. The van der Waals surface area contributed by atoms with Gasteiger partial charge in [0, 0.05) is 17.6 Å². The quantitative estimate of drug-likeness (QED) is 0.877. The van der Waals surface area contributed by atoms with Crippen molar-refractivity contribution < 1.29 is 9.90 Å². The molecule has 100 valence electrons. The van der Waals surface area contributed by atoms with Crippen molar-refractivity contribution in [3.63, 3.8) is 0 Å². The molecule has 0 aromatic heterocycles. The van der Waals surface area contributed by atoms with E-state index >= 15 is 0 Å². The van der Waals surface area contributed by atoms with E-state index in [0.29, 0.717) is 13.1 Å². The Morgan fingerprint density at radius 1 is 1.56 bits per heavy atom. The molecule has 0 heterocycles. The van der Waals surface area contributed by atoms with Gasteiger partial charge in [0.25, 0.3) is 0 Å². The van der Waals surface area contributed by atoms with Crippen molar-refractivity contribution in [3.8, 4) is 0 Å². The molecule has 1 aromatic carbocycles. The molecule has 0 aliphatic carbocycles. The summed E-state index contributed by atoms with van der Waals surface area (Å²) in [7, 11) is 0. The Kier molecular flexibility index (Phi) is 6.15. The molecule has 4 nitrogen and oxygen atoms in total. The van der Waals surface area contributed by atoms with Crippen LogP contribution in [-0.2, 0) is 0 Å². The summed E-state index contributed by atoms with van der Waals surface area (Å²) in [6.07, 6.45) is 0. The highest BCUT2D eigenvalue weighted by Crippen LogP contribution is 2.17. The topological polar surface area (TPSA) is 52.6 Å². The van der Waals surface area contributed by atoms with Gasteiger partial charge < -0.3 is 15.3 Å². The third-order valence-electron chi connectivity index (χ3n) is 2.73. The predicted molar refractivity (Wildman–Crippen MR) is 75.4 cm³/mol. The van der Waals surface area contributed by atoms with Gasteiger partial charge in [-0.05, 0) is 31.5 Å². The van der Waals surface area contributed by atoms with Gasteiger partial charge in [-0.3, -0.25) is 0 Å². The molecule has 5 heteroatoms.